The number of rotatable bonds is 7. The van der Waals surface area contributed by atoms with E-state index in [1.54, 1.807) is 37.8 Å². The van der Waals surface area contributed by atoms with Gasteiger partial charge in [-0.3, -0.25) is 9.97 Å². The Balaban J connectivity index is 2.27. The first-order valence-electron chi connectivity index (χ1n) is 6.42. The summed E-state index contributed by atoms with van der Waals surface area (Å²) in [6.07, 6.45) is 6.19. The molecule has 0 saturated heterocycles. The highest BCUT2D eigenvalue weighted by Crippen LogP contribution is 2.16. The summed E-state index contributed by atoms with van der Waals surface area (Å²) in [6.45, 7) is 0.830. The largest absolute Gasteiger partial charge is 0.383 e. The molecule has 21 heavy (non-hydrogen) atoms. The lowest BCUT2D eigenvalue weighted by Crippen LogP contribution is -2.33. The zero-order chi connectivity index (χ0) is 15.1. The summed E-state index contributed by atoms with van der Waals surface area (Å²) in [5.41, 5.74) is 0.820. The summed E-state index contributed by atoms with van der Waals surface area (Å²) >= 11 is 0. The van der Waals surface area contributed by atoms with Crippen LogP contribution in [0.3, 0.4) is 0 Å². The highest BCUT2D eigenvalue weighted by Gasteiger charge is 2.24. The molecule has 2 aromatic heterocycles. The van der Waals surface area contributed by atoms with Crippen molar-refractivity contribution in [2.45, 2.75) is 11.4 Å². The number of hydrogen-bond acceptors (Lipinski definition) is 5. The second-order valence-corrected chi connectivity index (χ2v) is 6.32. The minimum Gasteiger partial charge on any atom is -0.383 e. The zero-order valence-corrected chi connectivity index (χ0v) is 12.5. The lowest BCUT2D eigenvalue weighted by atomic mass is 10.3. The molecule has 0 radical (unpaired) electrons. The SMILES string of the molecule is COCCN(Cc1cccnc1)S(=O)(=O)c1cccnc1. The van der Waals surface area contributed by atoms with Crippen molar-refractivity contribution in [2.75, 3.05) is 20.3 Å². The van der Waals surface area contributed by atoms with Crippen LogP contribution in [0.25, 0.3) is 0 Å². The highest BCUT2D eigenvalue weighted by atomic mass is 32.2. The lowest BCUT2D eigenvalue weighted by molar-refractivity contribution is 0.177. The van der Waals surface area contributed by atoms with Gasteiger partial charge in [0.25, 0.3) is 0 Å². The maximum Gasteiger partial charge on any atom is 0.244 e. The van der Waals surface area contributed by atoms with Crippen LogP contribution in [0.15, 0.2) is 53.9 Å². The van der Waals surface area contributed by atoms with Crippen LogP contribution in [-0.4, -0.2) is 43.0 Å². The molecule has 0 spiro atoms. The molecule has 112 valence electrons. The molecular formula is C14H17N3O3S. The second kappa shape index (κ2) is 7.26. The zero-order valence-electron chi connectivity index (χ0n) is 11.7. The van der Waals surface area contributed by atoms with E-state index in [1.165, 1.54) is 16.6 Å². The Kier molecular flexibility index (Phi) is 5.38. The molecule has 0 N–H and O–H groups in total. The van der Waals surface area contributed by atoms with Crippen LogP contribution in [0.1, 0.15) is 5.56 Å². The molecule has 0 unspecified atom stereocenters. The predicted molar refractivity (Wildman–Crippen MR) is 77.9 cm³/mol. The van der Waals surface area contributed by atoms with Gasteiger partial charge < -0.3 is 4.74 Å². The Morgan fingerprint density at radius 3 is 2.43 bits per heavy atom. The van der Waals surface area contributed by atoms with Crippen molar-refractivity contribution >= 4 is 10.0 Å². The third-order valence-electron chi connectivity index (χ3n) is 2.90. The smallest absolute Gasteiger partial charge is 0.244 e. The van der Waals surface area contributed by atoms with Gasteiger partial charge in [-0.15, -0.1) is 0 Å². The van der Waals surface area contributed by atoms with E-state index >= 15 is 0 Å². The van der Waals surface area contributed by atoms with Crippen molar-refractivity contribution in [3.63, 3.8) is 0 Å². The summed E-state index contributed by atoms with van der Waals surface area (Å²) < 4.78 is 31.7. The van der Waals surface area contributed by atoms with Crippen LogP contribution in [0.5, 0.6) is 0 Å². The number of ether oxygens (including phenoxy) is 1. The monoisotopic (exact) mass is 307 g/mol. The summed E-state index contributed by atoms with van der Waals surface area (Å²) in [5.74, 6) is 0. The van der Waals surface area contributed by atoms with Gasteiger partial charge in [0.1, 0.15) is 4.90 Å². The summed E-state index contributed by atoms with van der Waals surface area (Å²) in [5, 5.41) is 0. The molecule has 0 aromatic carbocycles. The number of methoxy groups -OCH3 is 1. The Morgan fingerprint density at radius 1 is 1.14 bits per heavy atom. The molecule has 0 fully saturated rings. The minimum absolute atomic E-state index is 0.171. The first kappa shape index (κ1) is 15.6. The van der Waals surface area contributed by atoms with Gasteiger partial charge in [0.15, 0.2) is 0 Å². The van der Waals surface area contributed by atoms with Crippen LogP contribution < -0.4 is 0 Å². The van der Waals surface area contributed by atoms with Crippen molar-refractivity contribution in [1.82, 2.24) is 14.3 Å². The molecule has 2 rings (SSSR count). The molecule has 0 amide bonds. The fourth-order valence-electron chi connectivity index (χ4n) is 1.82. The standard InChI is InChI=1S/C14H17N3O3S/c1-20-9-8-17(12-13-4-2-6-15-10-13)21(18,19)14-5-3-7-16-11-14/h2-7,10-11H,8-9,12H2,1H3. The Hall–Kier alpha value is -1.83. The van der Waals surface area contributed by atoms with Crippen LogP contribution in [0, 0.1) is 0 Å². The van der Waals surface area contributed by atoms with E-state index in [0.29, 0.717) is 6.61 Å². The third-order valence-corrected chi connectivity index (χ3v) is 4.73. The van der Waals surface area contributed by atoms with Crippen LogP contribution in [-0.2, 0) is 21.3 Å². The average molecular weight is 307 g/mol. The maximum absolute atomic E-state index is 12.7. The van der Waals surface area contributed by atoms with Gasteiger partial charge in [-0.25, -0.2) is 8.42 Å². The molecule has 0 aliphatic carbocycles. The average Bonchev–Trinajstić information content (AvgIpc) is 2.53. The van der Waals surface area contributed by atoms with Gasteiger partial charge in [0, 0.05) is 45.0 Å². The topological polar surface area (TPSA) is 72.4 Å². The van der Waals surface area contributed by atoms with E-state index < -0.39 is 10.0 Å². The van der Waals surface area contributed by atoms with Crippen LogP contribution in [0.4, 0.5) is 0 Å². The summed E-state index contributed by atoms with van der Waals surface area (Å²) in [6, 6.07) is 6.75. The van der Waals surface area contributed by atoms with Crippen molar-refractivity contribution < 1.29 is 13.2 Å². The summed E-state index contributed by atoms with van der Waals surface area (Å²) in [7, 11) is -2.07. The van der Waals surface area contributed by atoms with E-state index in [2.05, 4.69) is 9.97 Å². The first-order chi connectivity index (χ1) is 10.1. The van der Waals surface area contributed by atoms with Crippen molar-refractivity contribution in [3.05, 3.63) is 54.6 Å². The predicted octanol–water partition coefficient (Wildman–Crippen LogP) is 1.31. The molecular weight excluding hydrogens is 290 g/mol. The van der Waals surface area contributed by atoms with Gasteiger partial charge in [0.2, 0.25) is 10.0 Å². The molecule has 0 bridgehead atoms. The summed E-state index contributed by atoms with van der Waals surface area (Å²) in [4.78, 5) is 8.05. The van der Waals surface area contributed by atoms with Gasteiger partial charge >= 0.3 is 0 Å². The van der Waals surface area contributed by atoms with Crippen LogP contribution >= 0.6 is 0 Å². The second-order valence-electron chi connectivity index (χ2n) is 4.38. The van der Waals surface area contributed by atoms with Crippen molar-refractivity contribution in [3.8, 4) is 0 Å². The normalized spacial score (nSPS) is 11.7. The molecule has 0 atom stereocenters. The van der Waals surface area contributed by atoms with Gasteiger partial charge in [-0.05, 0) is 23.8 Å². The van der Waals surface area contributed by atoms with E-state index in [9.17, 15) is 8.42 Å². The fourth-order valence-corrected chi connectivity index (χ4v) is 3.20. The maximum atomic E-state index is 12.7. The number of sulfonamides is 1. The molecule has 0 saturated carbocycles. The van der Waals surface area contributed by atoms with Gasteiger partial charge in [-0.2, -0.15) is 4.31 Å². The molecule has 7 heteroatoms. The van der Waals surface area contributed by atoms with Crippen molar-refractivity contribution in [2.24, 2.45) is 0 Å². The van der Waals surface area contributed by atoms with Gasteiger partial charge in [0.05, 0.1) is 6.61 Å². The van der Waals surface area contributed by atoms with Gasteiger partial charge in [-0.1, -0.05) is 6.07 Å². The molecule has 0 aliphatic rings. The Labute approximate surface area is 124 Å². The number of nitrogens with zero attached hydrogens (tertiary/aromatic N) is 3. The van der Waals surface area contributed by atoms with E-state index in [-0.39, 0.29) is 18.0 Å². The highest BCUT2D eigenvalue weighted by molar-refractivity contribution is 7.89. The number of hydrogen-bond donors (Lipinski definition) is 0. The molecule has 2 aromatic rings. The van der Waals surface area contributed by atoms with E-state index in [4.69, 9.17) is 4.74 Å². The number of aromatic nitrogens is 2. The Bertz CT molecular complexity index is 648. The van der Waals surface area contributed by atoms with Crippen LogP contribution in [0.2, 0.25) is 0 Å². The molecule has 2 heterocycles. The first-order valence-corrected chi connectivity index (χ1v) is 7.86. The minimum atomic E-state index is -3.61. The van der Waals surface area contributed by atoms with E-state index in [1.807, 2.05) is 6.07 Å². The Morgan fingerprint density at radius 2 is 1.86 bits per heavy atom. The quantitative estimate of drug-likeness (QED) is 0.771. The number of pyridine rings is 2. The molecule has 6 nitrogen and oxygen atoms in total. The van der Waals surface area contributed by atoms with E-state index in [0.717, 1.165) is 5.56 Å². The fraction of sp³-hybridized carbons (Fsp3) is 0.286. The molecule has 0 aliphatic heterocycles. The lowest BCUT2D eigenvalue weighted by Gasteiger charge is -2.21. The van der Waals surface area contributed by atoms with Crippen molar-refractivity contribution in [1.29, 1.82) is 0 Å². The third kappa shape index (κ3) is 4.07.